The first-order valence-corrected chi connectivity index (χ1v) is 6.08. The average molecular weight is 219 g/mol. The lowest BCUT2D eigenvalue weighted by Gasteiger charge is -2.31. The summed E-state index contributed by atoms with van der Waals surface area (Å²) in [5, 5.41) is 3.45. The summed E-state index contributed by atoms with van der Waals surface area (Å²) >= 11 is 0. The number of ether oxygens (including phenoxy) is 1. The molecule has 0 radical (unpaired) electrons. The molecule has 1 heterocycles. The van der Waals surface area contributed by atoms with Crippen LogP contribution in [-0.4, -0.2) is 26.3 Å². The van der Waals surface area contributed by atoms with Crippen LogP contribution < -0.4 is 5.32 Å². The van der Waals surface area contributed by atoms with Crippen LogP contribution in [0.2, 0.25) is 0 Å². The van der Waals surface area contributed by atoms with Crippen LogP contribution in [0.3, 0.4) is 0 Å². The zero-order chi connectivity index (χ0) is 11.4. The van der Waals surface area contributed by atoms with Gasteiger partial charge >= 0.3 is 0 Å². The molecule has 0 saturated carbocycles. The Bertz CT molecular complexity index is 320. The van der Waals surface area contributed by atoms with Crippen LogP contribution in [-0.2, 0) is 11.2 Å². The van der Waals surface area contributed by atoms with Crippen LogP contribution in [0.15, 0.2) is 24.3 Å². The molecular formula is C14H21NO. The standard InChI is InChI=1S/C14H21NO/c1-11-3-5-12(6-4-11)9-13-10-15-8-7-14(13)16-2/h3-6,13-15H,7-10H2,1-2H3/t13-,14-/m1/s1. The van der Waals surface area contributed by atoms with Gasteiger partial charge in [-0.2, -0.15) is 0 Å². The van der Waals surface area contributed by atoms with Crippen molar-refractivity contribution < 1.29 is 4.74 Å². The van der Waals surface area contributed by atoms with E-state index >= 15 is 0 Å². The minimum atomic E-state index is 0.419. The summed E-state index contributed by atoms with van der Waals surface area (Å²) in [4.78, 5) is 0. The molecule has 2 atom stereocenters. The van der Waals surface area contributed by atoms with E-state index in [0.29, 0.717) is 12.0 Å². The smallest absolute Gasteiger partial charge is 0.0626 e. The van der Waals surface area contributed by atoms with Crippen molar-refractivity contribution in [2.75, 3.05) is 20.2 Å². The SMILES string of the molecule is CO[C@@H]1CCNC[C@H]1Cc1ccc(C)cc1. The van der Waals surface area contributed by atoms with Crippen molar-refractivity contribution >= 4 is 0 Å². The van der Waals surface area contributed by atoms with Gasteiger partial charge in [-0.05, 0) is 31.9 Å². The monoisotopic (exact) mass is 219 g/mol. The van der Waals surface area contributed by atoms with Crippen molar-refractivity contribution in [3.63, 3.8) is 0 Å². The maximum Gasteiger partial charge on any atom is 0.0626 e. The molecule has 88 valence electrons. The van der Waals surface area contributed by atoms with Gasteiger partial charge < -0.3 is 10.1 Å². The highest BCUT2D eigenvalue weighted by atomic mass is 16.5. The fourth-order valence-electron chi connectivity index (χ4n) is 2.44. The van der Waals surface area contributed by atoms with E-state index in [1.807, 2.05) is 7.11 Å². The molecule has 1 aliphatic rings. The second kappa shape index (κ2) is 5.46. The Kier molecular flexibility index (Phi) is 3.97. The molecule has 1 saturated heterocycles. The van der Waals surface area contributed by atoms with Crippen LogP contribution in [0.4, 0.5) is 0 Å². The van der Waals surface area contributed by atoms with Gasteiger partial charge in [0.15, 0.2) is 0 Å². The second-order valence-corrected chi connectivity index (χ2v) is 4.72. The lowest BCUT2D eigenvalue weighted by atomic mass is 9.89. The molecule has 0 spiro atoms. The minimum Gasteiger partial charge on any atom is -0.381 e. The van der Waals surface area contributed by atoms with E-state index in [1.165, 1.54) is 11.1 Å². The van der Waals surface area contributed by atoms with E-state index in [-0.39, 0.29) is 0 Å². The minimum absolute atomic E-state index is 0.419. The van der Waals surface area contributed by atoms with Gasteiger partial charge in [0.1, 0.15) is 0 Å². The van der Waals surface area contributed by atoms with Crippen LogP contribution in [0.25, 0.3) is 0 Å². The lowest BCUT2D eigenvalue weighted by Crippen LogP contribution is -2.41. The molecule has 1 aromatic rings. The van der Waals surface area contributed by atoms with Crippen molar-refractivity contribution in [3.05, 3.63) is 35.4 Å². The van der Waals surface area contributed by atoms with Gasteiger partial charge in [0.05, 0.1) is 6.10 Å². The van der Waals surface area contributed by atoms with E-state index in [2.05, 4.69) is 36.5 Å². The average Bonchev–Trinajstić information content (AvgIpc) is 2.33. The second-order valence-electron chi connectivity index (χ2n) is 4.72. The van der Waals surface area contributed by atoms with E-state index in [0.717, 1.165) is 25.9 Å². The number of benzene rings is 1. The summed E-state index contributed by atoms with van der Waals surface area (Å²) in [5.41, 5.74) is 2.75. The molecule has 2 nitrogen and oxygen atoms in total. The van der Waals surface area contributed by atoms with Crippen LogP contribution >= 0.6 is 0 Å². The van der Waals surface area contributed by atoms with E-state index in [1.54, 1.807) is 0 Å². The predicted molar refractivity (Wildman–Crippen MR) is 66.7 cm³/mol. The molecule has 16 heavy (non-hydrogen) atoms. The third-order valence-corrected chi connectivity index (χ3v) is 3.46. The van der Waals surface area contributed by atoms with E-state index < -0.39 is 0 Å². The third-order valence-electron chi connectivity index (χ3n) is 3.46. The molecule has 2 rings (SSSR count). The Labute approximate surface area is 98.0 Å². The largest absolute Gasteiger partial charge is 0.381 e. The Morgan fingerprint density at radius 2 is 2.06 bits per heavy atom. The number of aryl methyl sites for hydroxylation is 1. The van der Waals surface area contributed by atoms with Gasteiger partial charge in [0, 0.05) is 19.6 Å². The molecule has 2 heteroatoms. The van der Waals surface area contributed by atoms with E-state index in [9.17, 15) is 0 Å². The maximum absolute atomic E-state index is 5.56. The normalized spacial score (nSPS) is 25.6. The van der Waals surface area contributed by atoms with Gasteiger partial charge in [-0.15, -0.1) is 0 Å². The summed E-state index contributed by atoms with van der Waals surface area (Å²) in [6.07, 6.45) is 2.67. The fourth-order valence-corrected chi connectivity index (χ4v) is 2.44. The molecule has 0 bridgehead atoms. The first kappa shape index (κ1) is 11.6. The Morgan fingerprint density at radius 1 is 1.31 bits per heavy atom. The van der Waals surface area contributed by atoms with Gasteiger partial charge in [0.2, 0.25) is 0 Å². The van der Waals surface area contributed by atoms with Crippen LogP contribution in [0.5, 0.6) is 0 Å². The van der Waals surface area contributed by atoms with Gasteiger partial charge in [-0.25, -0.2) is 0 Å². The highest BCUT2D eigenvalue weighted by Gasteiger charge is 2.24. The lowest BCUT2D eigenvalue weighted by molar-refractivity contribution is 0.0311. The molecular weight excluding hydrogens is 198 g/mol. The molecule has 0 aromatic heterocycles. The number of hydrogen-bond acceptors (Lipinski definition) is 2. The number of piperidine rings is 1. The summed E-state index contributed by atoms with van der Waals surface area (Å²) in [5.74, 6) is 0.612. The first-order valence-electron chi connectivity index (χ1n) is 6.08. The number of hydrogen-bond donors (Lipinski definition) is 1. The van der Waals surface area contributed by atoms with Crippen LogP contribution in [0.1, 0.15) is 17.5 Å². The molecule has 0 aliphatic carbocycles. The van der Waals surface area contributed by atoms with Crippen molar-refractivity contribution in [1.29, 1.82) is 0 Å². The van der Waals surface area contributed by atoms with Crippen molar-refractivity contribution in [1.82, 2.24) is 5.32 Å². The molecule has 1 aliphatic heterocycles. The topological polar surface area (TPSA) is 21.3 Å². The van der Waals surface area contributed by atoms with Crippen LogP contribution in [0, 0.1) is 12.8 Å². The Hall–Kier alpha value is -0.860. The molecule has 0 amide bonds. The summed E-state index contributed by atoms with van der Waals surface area (Å²) in [6, 6.07) is 8.84. The highest BCUT2D eigenvalue weighted by molar-refractivity contribution is 5.22. The fraction of sp³-hybridized carbons (Fsp3) is 0.571. The van der Waals surface area contributed by atoms with Crippen molar-refractivity contribution in [3.8, 4) is 0 Å². The zero-order valence-corrected chi connectivity index (χ0v) is 10.2. The first-order chi connectivity index (χ1) is 7.79. The zero-order valence-electron chi connectivity index (χ0n) is 10.2. The van der Waals surface area contributed by atoms with Crippen molar-refractivity contribution in [2.45, 2.75) is 25.9 Å². The molecule has 1 aromatic carbocycles. The highest BCUT2D eigenvalue weighted by Crippen LogP contribution is 2.19. The predicted octanol–water partition coefficient (Wildman–Crippen LogP) is 2.16. The quantitative estimate of drug-likeness (QED) is 0.841. The Morgan fingerprint density at radius 3 is 2.75 bits per heavy atom. The Balaban J connectivity index is 1.99. The van der Waals surface area contributed by atoms with Gasteiger partial charge in [-0.1, -0.05) is 29.8 Å². The number of methoxy groups -OCH3 is 1. The number of nitrogens with one attached hydrogen (secondary N) is 1. The molecule has 0 unspecified atom stereocenters. The third kappa shape index (κ3) is 2.83. The van der Waals surface area contributed by atoms with Gasteiger partial charge in [0.25, 0.3) is 0 Å². The summed E-state index contributed by atoms with van der Waals surface area (Å²) in [6.45, 7) is 4.29. The van der Waals surface area contributed by atoms with Crippen molar-refractivity contribution in [2.24, 2.45) is 5.92 Å². The molecule has 1 fully saturated rings. The van der Waals surface area contributed by atoms with Gasteiger partial charge in [-0.3, -0.25) is 0 Å². The van der Waals surface area contributed by atoms with E-state index in [4.69, 9.17) is 4.74 Å². The maximum atomic E-state index is 5.56. The number of rotatable bonds is 3. The summed E-state index contributed by atoms with van der Waals surface area (Å²) in [7, 11) is 1.83. The molecule has 1 N–H and O–H groups in total. The summed E-state index contributed by atoms with van der Waals surface area (Å²) < 4.78 is 5.56.